The van der Waals surface area contributed by atoms with Crippen molar-refractivity contribution in [1.29, 1.82) is 0 Å². The van der Waals surface area contributed by atoms with E-state index in [4.69, 9.17) is 28.1 Å². The molecular formula is C24H26O13. The Bertz CT molecular complexity index is 1350. The summed E-state index contributed by atoms with van der Waals surface area (Å²) in [4.78, 5) is 13.4. The van der Waals surface area contributed by atoms with Crippen LogP contribution in [0.3, 0.4) is 0 Å². The van der Waals surface area contributed by atoms with E-state index >= 15 is 0 Å². The van der Waals surface area contributed by atoms with Gasteiger partial charge in [0.2, 0.25) is 23.2 Å². The molecule has 5 atom stereocenters. The number of benzene rings is 2. The van der Waals surface area contributed by atoms with Crippen LogP contribution in [0.2, 0.25) is 0 Å². The Morgan fingerprint density at radius 3 is 2.22 bits per heavy atom. The van der Waals surface area contributed by atoms with Crippen LogP contribution < -0.4 is 24.4 Å². The number of aliphatic hydroxyl groups is 4. The Balaban J connectivity index is 1.80. The molecule has 0 unspecified atom stereocenters. The van der Waals surface area contributed by atoms with Gasteiger partial charge in [-0.3, -0.25) is 4.79 Å². The van der Waals surface area contributed by atoms with Crippen molar-refractivity contribution in [3.63, 3.8) is 0 Å². The summed E-state index contributed by atoms with van der Waals surface area (Å²) in [6.07, 6.45) is -6.74. The van der Waals surface area contributed by atoms with Crippen LogP contribution in [0.25, 0.3) is 22.1 Å². The van der Waals surface area contributed by atoms with Crippen molar-refractivity contribution in [2.45, 2.75) is 30.7 Å². The molecule has 1 fully saturated rings. The number of rotatable bonds is 7. The van der Waals surface area contributed by atoms with Gasteiger partial charge < -0.3 is 58.7 Å². The Kier molecular flexibility index (Phi) is 7.34. The zero-order valence-corrected chi connectivity index (χ0v) is 19.9. The smallest absolute Gasteiger partial charge is 0.229 e. The summed E-state index contributed by atoms with van der Waals surface area (Å²) in [6, 6.07) is 3.92. The number of ether oxygens (including phenoxy) is 5. The SMILES string of the molecule is COc1cc(-c2coc3cc(O[C@H]4O[C@@H](CO)[C@H](O)[C@@H](O)[C@@H]4O)c(OC)c(O)c3c2=O)cc(O)c1OC. The molecule has 200 valence electrons. The summed E-state index contributed by atoms with van der Waals surface area (Å²) < 4.78 is 32.0. The maximum absolute atomic E-state index is 13.4. The number of aromatic hydroxyl groups is 2. The molecule has 0 aliphatic carbocycles. The molecule has 0 bridgehead atoms. The Morgan fingerprint density at radius 2 is 1.59 bits per heavy atom. The lowest BCUT2D eigenvalue weighted by Crippen LogP contribution is -2.60. The minimum Gasteiger partial charge on any atom is -0.504 e. The van der Waals surface area contributed by atoms with Gasteiger partial charge in [0.15, 0.2) is 23.0 Å². The first-order valence-corrected chi connectivity index (χ1v) is 10.9. The second kappa shape index (κ2) is 10.3. The van der Waals surface area contributed by atoms with Gasteiger partial charge in [-0.1, -0.05) is 0 Å². The van der Waals surface area contributed by atoms with E-state index in [0.29, 0.717) is 0 Å². The summed E-state index contributed by atoms with van der Waals surface area (Å²) in [7, 11) is 3.90. The molecule has 6 N–H and O–H groups in total. The number of phenols is 2. The van der Waals surface area contributed by atoms with E-state index in [1.165, 1.54) is 39.5 Å². The first-order chi connectivity index (χ1) is 17.7. The first kappa shape index (κ1) is 26.3. The van der Waals surface area contributed by atoms with Crippen molar-refractivity contribution in [3.8, 4) is 45.6 Å². The molecular weight excluding hydrogens is 496 g/mol. The average Bonchev–Trinajstić information content (AvgIpc) is 2.88. The second-order valence-corrected chi connectivity index (χ2v) is 8.15. The van der Waals surface area contributed by atoms with E-state index < -0.39 is 48.5 Å². The maximum atomic E-state index is 13.4. The molecule has 4 rings (SSSR count). The lowest BCUT2D eigenvalue weighted by atomic mass is 9.99. The highest BCUT2D eigenvalue weighted by Gasteiger charge is 2.45. The van der Waals surface area contributed by atoms with Crippen molar-refractivity contribution < 1.29 is 58.7 Å². The maximum Gasteiger partial charge on any atom is 0.229 e. The van der Waals surface area contributed by atoms with E-state index in [-0.39, 0.29) is 50.8 Å². The van der Waals surface area contributed by atoms with Crippen LogP contribution in [-0.2, 0) is 4.74 Å². The summed E-state index contributed by atoms with van der Waals surface area (Å²) in [6.45, 7) is -0.672. The minimum absolute atomic E-state index is 0.0243. The van der Waals surface area contributed by atoms with E-state index in [0.717, 1.165) is 6.26 Å². The molecule has 3 aromatic rings. The lowest BCUT2D eigenvalue weighted by molar-refractivity contribution is -0.277. The predicted octanol–water partition coefficient (Wildman–Crippen LogP) is 0.0757. The summed E-state index contributed by atoms with van der Waals surface area (Å²) in [5.74, 6) is -1.26. The fourth-order valence-corrected chi connectivity index (χ4v) is 4.10. The van der Waals surface area contributed by atoms with Gasteiger partial charge >= 0.3 is 0 Å². The number of hydrogen-bond donors (Lipinski definition) is 6. The molecule has 0 saturated carbocycles. The fraction of sp³-hybridized carbons (Fsp3) is 0.375. The third-order valence-corrected chi connectivity index (χ3v) is 6.03. The molecule has 1 aliphatic rings. The zero-order valence-electron chi connectivity index (χ0n) is 19.9. The van der Waals surface area contributed by atoms with Crippen molar-refractivity contribution in [1.82, 2.24) is 0 Å². The highest BCUT2D eigenvalue weighted by atomic mass is 16.7. The predicted molar refractivity (Wildman–Crippen MR) is 125 cm³/mol. The fourth-order valence-electron chi connectivity index (χ4n) is 4.10. The quantitative estimate of drug-likeness (QED) is 0.244. The van der Waals surface area contributed by atoms with E-state index in [1.807, 2.05) is 0 Å². The standard InChI is InChI=1S/C24H26O13/c1-32-13-5-9(4-11(26)22(13)33-2)10-8-35-12-6-14(23(34-3)19(29)16(12)17(10)27)36-24-21(31)20(30)18(28)15(7-25)37-24/h4-6,8,15,18,20-21,24-26,28-31H,7H2,1-3H3/t15-,18-,20+,21-,24-/m0/s1. The van der Waals surface area contributed by atoms with E-state index in [9.17, 15) is 35.4 Å². The van der Waals surface area contributed by atoms with E-state index in [2.05, 4.69) is 0 Å². The van der Waals surface area contributed by atoms with Gasteiger partial charge in [0, 0.05) is 6.07 Å². The van der Waals surface area contributed by atoms with Crippen molar-refractivity contribution in [2.24, 2.45) is 0 Å². The molecule has 0 radical (unpaired) electrons. The molecule has 1 aromatic heterocycles. The highest BCUT2D eigenvalue weighted by Crippen LogP contribution is 2.44. The van der Waals surface area contributed by atoms with Gasteiger partial charge in [-0.25, -0.2) is 0 Å². The van der Waals surface area contributed by atoms with Gasteiger partial charge in [-0.05, 0) is 17.7 Å². The summed E-state index contributed by atoms with van der Waals surface area (Å²) in [5.41, 5.74) is -0.617. The van der Waals surface area contributed by atoms with Crippen LogP contribution in [0.15, 0.2) is 33.7 Å². The molecule has 0 amide bonds. The molecule has 13 heteroatoms. The number of aliphatic hydroxyl groups excluding tert-OH is 4. The Labute approximate surface area is 209 Å². The normalized spacial score (nSPS) is 23.6. The first-order valence-electron chi connectivity index (χ1n) is 10.9. The molecule has 1 saturated heterocycles. The molecule has 37 heavy (non-hydrogen) atoms. The second-order valence-electron chi connectivity index (χ2n) is 8.15. The number of hydrogen-bond acceptors (Lipinski definition) is 13. The third kappa shape index (κ3) is 4.47. The van der Waals surface area contributed by atoms with Crippen LogP contribution in [0.4, 0.5) is 0 Å². The largest absolute Gasteiger partial charge is 0.504 e. The van der Waals surface area contributed by atoms with E-state index in [1.54, 1.807) is 0 Å². The molecule has 13 nitrogen and oxygen atoms in total. The monoisotopic (exact) mass is 522 g/mol. The van der Waals surface area contributed by atoms with Crippen LogP contribution in [0.5, 0.6) is 34.5 Å². The topological polar surface area (TPSA) is 198 Å². The lowest BCUT2D eigenvalue weighted by Gasteiger charge is -2.39. The summed E-state index contributed by atoms with van der Waals surface area (Å²) in [5, 5.41) is 60.6. The molecule has 0 spiro atoms. The summed E-state index contributed by atoms with van der Waals surface area (Å²) >= 11 is 0. The minimum atomic E-state index is -1.73. The highest BCUT2D eigenvalue weighted by molar-refractivity contribution is 5.91. The average molecular weight is 522 g/mol. The van der Waals surface area contributed by atoms with Gasteiger partial charge in [-0.15, -0.1) is 0 Å². The van der Waals surface area contributed by atoms with Gasteiger partial charge in [0.1, 0.15) is 41.6 Å². The molecule has 1 aliphatic heterocycles. The van der Waals surface area contributed by atoms with Gasteiger partial charge in [0.25, 0.3) is 0 Å². The molecule has 2 heterocycles. The number of methoxy groups -OCH3 is 3. The van der Waals surface area contributed by atoms with Crippen LogP contribution in [0.1, 0.15) is 0 Å². The van der Waals surface area contributed by atoms with Crippen molar-refractivity contribution >= 4 is 11.0 Å². The van der Waals surface area contributed by atoms with Crippen LogP contribution in [-0.4, -0.2) is 89.3 Å². The zero-order chi connectivity index (χ0) is 27.0. The van der Waals surface area contributed by atoms with Gasteiger partial charge in [0.05, 0.1) is 33.5 Å². The van der Waals surface area contributed by atoms with Crippen LogP contribution in [0, 0.1) is 0 Å². The number of fused-ring (bicyclic) bond motifs is 1. The van der Waals surface area contributed by atoms with Crippen molar-refractivity contribution in [3.05, 3.63) is 34.7 Å². The Morgan fingerprint density at radius 1 is 0.892 bits per heavy atom. The Hall–Kier alpha value is -3.75. The van der Waals surface area contributed by atoms with Crippen molar-refractivity contribution in [2.75, 3.05) is 27.9 Å². The van der Waals surface area contributed by atoms with Crippen LogP contribution >= 0.6 is 0 Å². The molecule has 2 aromatic carbocycles. The third-order valence-electron chi connectivity index (χ3n) is 6.03. The van der Waals surface area contributed by atoms with Gasteiger partial charge in [-0.2, -0.15) is 0 Å². The number of phenolic OH excluding ortho intramolecular Hbond substituents is 2.